The maximum absolute atomic E-state index is 3.66. The van der Waals surface area contributed by atoms with Crippen molar-refractivity contribution >= 4 is 0 Å². The zero-order chi connectivity index (χ0) is 13.8. The van der Waals surface area contributed by atoms with Crippen LogP contribution in [0.4, 0.5) is 0 Å². The highest BCUT2D eigenvalue weighted by Gasteiger charge is 2.22. The molecule has 0 aliphatic rings. The molecule has 1 N–H and O–H groups in total. The Hall–Kier alpha value is -0.820. The molecule has 1 unspecified atom stereocenters. The Balaban J connectivity index is 2.57. The predicted molar refractivity (Wildman–Crippen MR) is 80.9 cm³/mol. The smallest absolute Gasteiger partial charge is 0.0292 e. The summed E-state index contributed by atoms with van der Waals surface area (Å²) in [6.07, 6.45) is 1.11. The minimum absolute atomic E-state index is 0.345. The van der Waals surface area contributed by atoms with Crippen LogP contribution in [0.2, 0.25) is 0 Å². The average molecular weight is 247 g/mol. The van der Waals surface area contributed by atoms with Gasteiger partial charge in [-0.25, -0.2) is 0 Å². The number of benzene rings is 1. The van der Waals surface area contributed by atoms with Gasteiger partial charge in [0.2, 0.25) is 0 Å². The summed E-state index contributed by atoms with van der Waals surface area (Å²) >= 11 is 0. The second-order valence-corrected chi connectivity index (χ2v) is 6.34. The molecule has 1 aromatic carbocycles. The molecule has 1 heteroatoms. The van der Waals surface area contributed by atoms with Crippen molar-refractivity contribution in [3.63, 3.8) is 0 Å². The molecule has 0 bridgehead atoms. The molecule has 0 radical (unpaired) electrons. The van der Waals surface area contributed by atoms with Crippen LogP contribution >= 0.6 is 0 Å². The molecule has 0 spiro atoms. The lowest BCUT2D eigenvalue weighted by atomic mass is 9.81. The van der Waals surface area contributed by atoms with Gasteiger partial charge in [0.15, 0.2) is 0 Å². The van der Waals surface area contributed by atoms with Crippen molar-refractivity contribution in [2.45, 2.75) is 54.0 Å². The lowest BCUT2D eigenvalue weighted by Gasteiger charge is -2.31. The molecule has 1 aromatic rings. The Bertz CT molecular complexity index is 348. The molecule has 0 aromatic heterocycles. The van der Waals surface area contributed by atoms with Crippen LogP contribution < -0.4 is 5.32 Å². The highest BCUT2D eigenvalue weighted by Crippen LogP contribution is 2.26. The van der Waals surface area contributed by atoms with Crippen LogP contribution in [0.25, 0.3) is 0 Å². The fraction of sp³-hybridized carbons (Fsp3) is 0.647. The zero-order valence-electron chi connectivity index (χ0n) is 12.9. The Labute approximate surface area is 113 Å². The summed E-state index contributed by atoms with van der Waals surface area (Å²) in [7, 11) is 0. The highest BCUT2D eigenvalue weighted by atomic mass is 14.9. The van der Waals surface area contributed by atoms with Gasteiger partial charge in [-0.1, -0.05) is 58.9 Å². The van der Waals surface area contributed by atoms with Crippen molar-refractivity contribution in [3.8, 4) is 0 Å². The fourth-order valence-corrected chi connectivity index (χ4v) is 1.78. The van der Waals surface area contributed by atoms with Crippen LogP contribution in [-0.4, -0.2) is 6.54 Å². The van der Waals surface area contributed by atoms with Crippen molar-refractivity contribution < 1.29 is 0 Å². The van der Waals surface area contributed by atoms with E-state index in [4.69, 9.17) is 0 Å². The molecule has 0 aliphatic carbocycles. The quantitative estimate of drug-likeness (QED) is 0.775. The topological polar surface area (TPSA) is 12.0 Å². The maximum Gasteiger partial charge on any atom is 0.0292 e. The lowest BCUT2D eigenvalue weighted by molar-refractivity contribution is 0.230. The van der Waals surface area contributed by atoms with E-state index in [1.165, 1.54) is 11.1 Å². The Morgan fingerprint density at radius 1 is 1.06 bits per heavy atom. The molecule has 1 rings (SSSR count). The van der Waals surface area contributed by atoms with Gasteiger partial charge in [0.1, 0.15) is 0 Å². The minimum Gasteiger partial charge on any atom is -0.310 e. The highest BCUT2D eigenvalue weighted by molar-refractivity contribution is 5.24. The van der Waals surface area contributed by atoms with E-state index in [1.54, 1.807) is 0 Å². The van der Waals surface area contributed by atoms with Crippen molar-refractivity contribution in [2.75, 3.05) is 6.54 Å². The van der Waals surface area contributed by atoms with Crippen LogP contribution in [0, 0.1) is 11.3 Å². The van der Waals surface area contributed by atoms with Crippen molar-refractivity contribution in [1.29, 1.82) is 0 Å². The summed E-state index contributed by atoms with van der Waals surface area (Å²) in [5.41, 5.74) is 3.14. The van der Waals surface area contributed by atoms with Gasteiger partial charge in [-0.3, -0.25) is 0 Å². The van der Waals surface area contributed by atoms with E-state index < -0.39 is 0 Å². The van der Waals surface area contributed by atoms with E-state index >= 15 is 0 Å². The normalized spacial score (nSPS) is 13.9. The summed E-state index contributed by atoms with van der Waals surface area (Å²) in [5, 5.41) is 3.66. The molecule has 0 fully saturated rings. The SMILES string of the molecule is CCc1ccc(C(C)NCC(C)(C)C(C)C)cc1. The summed E-state index contributed by atoms with van der Waals surface area (Å²) in [6.45, 7) is 14.8. The number of hydrogen-bond acceptors (Lipinski definition) is 1. The first-order valence-corrected chi connectivity index (χ1v) is 7.19. The van der Waals surface area contributed by atoms with Gasteiger partial charge >= 0.3 is 0 Å². The van der Waals surface area contributed by atoms with E-state index in [2.05, 4.69) is 71.1 Å². The largest absolute Gasteiger partial charge is 0.310 e. The Kier molecular flexibility index (Phi) is 5.40. The first kappa shape index (κ1) is 15.2. The fourth-order valence-electron chi connectivity index (χ4n) is 1.78. The molecule has 0 aliphatic heterocycles. The standard InChI is InChI=1S/C17H29N/c1-7-15-8-10-16(11-9-15)14(4)18-12-17(5,6)13(2)3/h8-11,13-14,18H,7,12H2,1-6H3. The van der Waals surface area contributed by atoms with E-state index in [1.807, 2.05) is 0 Å². The lowest BCUT2D eigenvalue weighted by Crippen LogP contribution is -2.34. The van der Waals surface area contributed by atoms with Crippen LogP contribution in [0.1, 0.15) is 58.7 Å². The molecule has 0 heterocycles. The Morgan fingerprint density at radius 2 is 1.61 bits per heavy atom. The molecule has 0 saturated carbocycles. The van der Waals surface area contributed by atoms with Crippen molar-refractivity contribution in [3.05, 3.63) is 35.4 Å². The van der Waals surface area contributed by atoms with Crippen LogP contribution in [0.3, 0.4) is 0 Å². The van der Waals surface area contributed by atoms with Crippen molar-refractivity contribution in [1.82, 2.24) is 5.32 Å². The number of hydrogen-bond donors (Lipinski definition) is 1. The summed E-state index contributed by atoms with van der Waals surface area (Å²) in [5.74, 6) is 0.694. The Morgan fingerprint density at radius 3 is 2.06 bits per heavy atom. The summed E-state index contributed by atoms with van der Waals surface area (Å²) < 4.78 is 0. The van der Waals surface area contributed by atoms with Crippen LogP contribution in [0.15, 0.2) is 24.3 Å². The van der Waals surface area contributed by atoms with Crippen molar-refractivity contribution in [2.24, 2.45) is 11.3 Å². The predicted octanol–water partition coefficient (Wildman–Crippen LogP) is 4.58. The molecule has 102 valence electrons. The van der Waals surface area contributed by atoms with Crippen LogP contribution in [0.5, 0.6) is 0 Å². The van der Waals surface area contributed by atoms with Crippen LogP contribution in [-0.2, 0) is 6.42 Å². The molecule has 1 nitrogen and oxygen atoms in total. The monoisotopic (exact) mass is 247 g/mol. The number of aryl methyl sites for hydroxylation is 1. The first-order valence-electron chi connectivity index (χ1n) is 7.19. The third-order valence-corrected chi connectivity index (χ3v) is 4.31. The number of rotatable bonds is 6. The second-order valence-electron chi connectivity index (χ2n) is 6.34. The van der Waals surface area contributed by atoms with Gasteiger partial charge < -0.3 is 5.32 Å². The van der Waals surface area contributed by atoms with Gasteiger partial charge in [0.25, 0.3) is 0 Å². The molecule has 0 amide bonds. The molecule has 18 heavy (non-hydrogen) atoms. The van der Waals surface area contributed by atoms with Gasteiger partial charge in [-0.15, -0.1) is 0 Å². The van der Waals surface area contributed by atoms with Gasteiger partial charge in [-0.2, -0.15) is 0 Å². The maximum atomic E-state index is 3.66. The third kappa shape index (κ3) is 4.13. The van der Waals surface area contributed by atoms with E-state index in [9.17, 15) is 0 Å². The third-order valence-electron chi connectivity index (χ3n) is 4.31. The number of nitrogens with one attached hydrogen (secondary N) is 1. The first-order chi connectivity index (χ1) is 8.36. The van der Waals surface area contributed by atoms with E-state index in [0.717, 1.165) is 13.0 Å². The van der Waals surface area contributed by atoms with Gasteiger partial charge in [0.05, 0.1) is 0 Å². The van der Waals surface area contributed by atoms with E-state index in [0.29, 0.717) is 17.4 Å². The van der Waals surface area contributed by atoms with E-state index in [-0.39, 0.29) is 0 Å². The molecular weight excluding hydrogens is 218 g/mol. The molecule has 1 atom stereocenters. The minimum atomic E-state index is 0.345. The second kappa shape index (κ2) is 6.38. The molecule has 0 saturated heterocycles. The molecular formula is C17H29N. The zero-order valence-corrected chi connectivity index (χ0v) is 12.9. The van der Waals surface area contributed by atoms with Gasteiger partial charge in [-0.05, 0) is 35.8 Å². The summed E-state index contributed by atoms with van der Waals surface area (Å²) in [6, 6.07) is 9.40. The van der Waals surface area contributed by atoms with Gasteiger partial charge in [0, 0.05) is 12.6 Å². The summed E-state index contributed by atoms with van der Waals surface area (Å²) in [4.78, 5) is 0. The average Bonchev–Trinajstić information content (AvgIpc) is 2.36.